The second-order valence-electron chi connectivity index (χ2n) is 5.99. The van der Waals surface area contributed by atoms with Crippen molar-refractivity contribution in [2.45, 2.75) is 30.8 Å². The Bertz CT molecular complexity index is 797. The largest absolute Gasteiger partial charge is 0.490 e. The number of hydrogen-bond donors (Lipinski definition) is 0. The molecule has 0 N–H and O–H groups in total. The highest BCUT2D eigenvalue weighted by Gasteiger charge is 2.30. The number of ether oxygens (including phenoxy) is 1. The average molecular weight is 366 g/mol. The monoisotopic (exact) mass is 365 g/mol. The zero-order valence-electron chi connectivity index (χ0n) is 13.5. The molecule has 2 aromatic rings. The first kappa shape index (κ1) is 17.3. The second kappa shape index (κ2) is 7.13. The lowest BCUT2D eigenvalue weighted by Gasteiger charge is -2.31. The van der Waals surface area contributed by atoms with Crippen LogP contribution in [0.2, 0.25) is 5.02 Å². The smallest absolute Gasteiger partial charge is 0.243 e. The molecule has 0 spiro atoms. The van der Waals surface area contributed by atoms with Crippen molar-refractivity contribution in [3.05, 3.63) is 59.1 Å². The Morgan fingerprint density at radius 2 is 1.75 bits per heavy atom. The molecule has 3 rings (SSSR count). The maximum absolute atomic E-state index is 12.7. The summed E-state index contributed by atoms with van der Waals surface area (Å²) in [5.41, 5.74) is 1.18. The third kappa shape index (κ3) is 3.91. The lowest BCUT2D eigenvalue weighted by molar-refractivity contribution is 0.135. The van der Waals surface area contributed by atoms with Crippen molar-refractivity contribution in [3.63, 3.8) is 0 Å². The molecule has 0 bridgehead atoms. The molecule has 1 aliphatic heterocycles. The quantitative estimate of drug-likeness (QED) is 0.826. The number of aryl methyl sites for hydroxylation is 1. The fourth-order valence-electron chi connectivity index (χ4n) is 2.78. The SMILES string of the molecule is Cc1ccc(OC2CCN(S(=O)(=O)c3cccc(Cl)c3)CC2)cc1. The van der Waals surface area contributed by atoms with E-state index in [1.165, 1.54) is 15.9 Å². The van der Waals surface area contributed by atoms with E-state index in [0.29, 0.717) is 31.0 Å². The molecule has 1 fully saturated rings. The Balaban J connectivity index is 1.63. The number of rotatable bonds is 4. The molecule has 2 aromatic carbocycles. The van der Waals surface area contributed by atoms with Crippen molar-refractivity contribution in [3.8, 4) is 5.75 Å². The molecule has 1 heterocycles. The summed E-state index contributed by atoms with van der Waals surface area (Å²) in [6.07, 6.45) is 1.39. The van der Waals surface area contributed by atoms with E-state index < -0.39 is 10.0 Å². The Kier molecular flexibility index (Phi) is 5.13. The van der Waals surface area contributed by atoms with E-state index in [1.54, 1.807) is 18.2 Å². The van der Waals surface area contributed by atoms with Crippen LogP contribution in [0.4, 0.5) is 0 Å². The highest BCUT2D eigenvalue weighted by Crippen LogP contribution is 2.25. The maximum Gasteiger partial charge on any atom is 0.243 e. The van der Waals surface area contributed by atoms with Gasteiger partial charge in [0, 0.05) is 18.1 Å². The summed E-state index contributed by atoms with van der Waals surface area (Å²) in [5, 5.41) is 0.425. The second-order valence-corrected chi connectivity index (χ2v) is 8.37. The number of piperidine rings is 1. The fraction of sp³-hybridized carbons (Fsp3) is 0.333. The van der Waals surface area contributed by atoms with Crippen LogP contribution in [0.25, 0.3) is 0 Å². The van der Waals surface area contributed by atoms with Gasteiger partial charge >= 0.3 is 0 Å². The molecule has 0 aromatic heterocycles. The zero-order valence-corrected chi connectivity index (χ0v) is 15.1. The van der Waals surface area contributed by atoms with Crippen LogP contribution >= 0.6 is 11.6 Å². The number of sulfonamides is 1. The van der Waals surface area contributed by atoms with Crippen LogP contribution in [0.3, 0.4) is 0 Å². The molecule has 0 aliphatic carbocycles. The molecular formula is C18H20ClNO3S. The standard InChI is InChI=1S/C18H20ClNO3S/c1-14-5-7-16(8-6-14)23-17-9-11-20(12-10-17)24(21,22)18-4-2-3-15(19)13-18/h2-8,13,17H,9-12H2,1H3. The van der Waals surface area contributed by atoms with Gasteiger partial charge in [0.2, 0.25) is 10.0 Å². The number of benzene rings is 2. The van der Waals surface area contributed by atoms with Crippen LogP contribution in [-0.2, 0) is 10.0 Å². The van der Waals surface area contributed by atoms with E-state index in [2.05, 4.69) is 0 Å². The van der Waals surface area contributed by atoms with Gasteiger partial charge in [-0.2, -0.15) is 4.31 Å². The first-order chi connectivity index (χ1) is 11.4. The first-order valence-corrected chi connectivity index (χ1v) is 9.76. The van der Waals surface area contributed by atoms with Crippen molar-refractivity contribution in [1.82, 2.24) is 4.31 Å². The lowest BCUT2D eigenvalue weighted by Crippen LogP contribution is -2.41. The van der Waals surface area contributed by atoms with Gasteiger partial charge in [0.25, 0.3) is 0 Å². The molecule has 0 unspecified atom stereocenters. The molecule has 128 valence electrons. The summed E-state index contributed by atoms with van der Waals surface area (Å²) in [5.74, 6) is 0.830. The summed E-state index contributed by atoms with van der Waals surface area (Å²) >= 11 is 5.91. The fourth-order valence-corrected chi connectivity index (χ4v) is 4.55. The molecule has 0 saturated carbocycles. The van der Waals surface area contributed by atoms with E-state index in [4.69, 9.17) is 16.3 Å². The van der Waals surface area contributed by atoms with Crippen LogP contribution < -0.4 is 4.74 Å². The van der Waals surface area contributed by atoms with E-state index >= 15 is 0 Å². The van der Waals surface area contributed by atoms with Gasteiger partial charge in [0.05, 0.1) is 4.90 Å². The van der Waals surface area contributed by atoms with Crippen LogP contribution in [0.15, 0.2) is 53.4 Å². The van der Waals surface area contributed by atoms with E-state index in [1.807, 2.05) is 31.2 Å². The highest BCUT2D eigenvalue weighted by molar-refractivity contribution is 7.89. The van der Waals surface area contributed by atoms with Gasteiger partial charge < -0.3 is 4.74 Å². The Labute approximate surface area is 148 Å². The minimum absolute atomic E-state index is 0.0403. The normalized spacial score (nSPS) is 16.9. The molecule has 24 heavy (non-hydrogen) atoms. The molecule has 1 saturated heterocycles. The first-order valence-electron chi connectivity index (χ1n) is 7.94. The average Bonchev–Trinajstić information content (AvgIpc) is 2.57. The van der Waals surface area contributed by atoms with Crippen molar-refractivity contribution in [2.75, 3.05) is 13.1 Å². The Morgan fingerprint density at radius 3 is 2.38 bits per heavy atom. The van der Waals surface area contributed by atoms with Crippen molar-refractivity contribution in [2.24, 2.45) is 0 Å². The molecule has 4 nitrogen and oxygen atoms in total. The third-order valence-corrected chi connectivity index (χ3v) is 6.29. The summed E-state index contributed by atoms with van der Waals surface area (Å²) in [6, 6.07) is 14.3. The van der Waals surface area contributed by atoms with E-state index in [0.717, 1.165) is 5.75 Å². The maximum atomic E-state index is 12.7. The van der Waals surface area contributed by atoms with Crippen molar-refractivity contribution < 1.29 is 13.2 Å². The third-order valence-electron chi connectivity index (χ3n) is 4.16. The number of hydrogen-bond acceptors (Lipinski definition) is 3. The Morgan fingerprint density at radius 1 is 1.08 bits per heavy atom. The minimum Gasteiger partial charge on any atom is -0.490 e. The lowest BCUT2D eigenvalue weighted by atomic mass is 10.1. The van der Waals surface area contributed by atoms with Gasteiger partial charge in [-0.1, -0.05) is 35.4 Å². The van der Waals surface area contributed by atoms with Crippen LogP contribution in [0, 0.1) is 6.92 Å². The zero-order chi connectivity index (χ0) is 17.2. The van der Waals surface area contributed by atoms with Crippen molar-refractivity contribution in [1.29, 1.82) is 0 Å². The summed E-state index contributed by atoms with van der Waals surface area (Å²) in [6.45, 7) is 2.93. The predicted molar refractivity (Wildman–Crippen MR) is 95.0 cm³/mol. The van der Waals surface area contributed by atoms with Gasteiger partial charge in [0.1, 0.15) is 11.9 Å². The topological polar surface area (TPSA) is 46.6 Å². The molecule has 1 aliphatic rings. The van der Waals surface area contributed by atoms with Crippen molar-refractivity contribution >= 4 is 21.6 Å². The van der Waals surface area contributed by atoms with Crippen LogP contribution in [-0.4, -0.2) is 31.9 Å². The van der Waals surface area contributed by atoms with Crippen LogP contribution in [0.5, 0.6) is 5.75 Å². The summed E-state index contributed by atoms with van der Waals surface area (Å²) in [7, 11) is -3.49. The highest BCUT2D eigenvalue weighted by atomic mass is 35.5. The van der Waals surface area contributed by atoms with Gasteiger partial charge in [0.15, 0.2) is 0 Å². The molecule has 0 radical (unpaired) electrons. The Hall–Kier alpha value is -1.56. The summed E-state index contributed by atoms with van der Waals surface area (Å²) < 4.78 is 32.8. The van der Waals surface area contributed by atoms with Gasteiger partial charge in [-0.15, -0.1) is 0 Å². The molecule has 0 atom stereocenters. The molecule has 6 heteroatoms. The van der Waals surface area contributed by atoms with Gasteiger partial charge in [-0.05, 0) is 50.1 Å². The van der Waals surface area contributed by atoms with E-state index in [9.17, 15) is 8.42 Å². The number of halogens is 1. The van der Waals surface area contributed by atoms with E-state index in [-0.39, 0.29) is 11.0 Å². The predicted octanol–water partition coefficient (Wildman–Crippen LogP) is 3.88. The number of nitrogens with zero attached hydrogens (tertiary/aromatic N) is 1. The van der Waals surface area contributed by atoms with Gasteiger partial charge in [-0.3, -0.25) is 0 Å². The van der Waals surface area contributed by atoms with Crippen LogP contribution in [0.1, 0.15) is 18.4 Å². The molecular weight excluding hydrogens is 346 g/mol. The summed E-state index contributed by atoms with van der Waals surface area (Å²) in [4.78, 5) is 0.243. The minimum atomic E-state index is -3.49. The molecule has 0 amide bonds. The van der Waals surface area contributed by atoms with Gasteiger partial charge in [-0.25, -0.2) is 8.42 Å².